The third-order valence-corrected chi connectivity index (χ3v) is 3.29. The Hall–Kier alpha value is -3.35. The van der Waals surface area contributed by atoms with Crippen LogP contribution in [0.2, 0.25) is 0 Å². The Balaban J connectivity index is 1.84. The zero-order valence-electron chi connectivity index (χ0n) is 14.3. The van der Waals surface area contributed by atoms with Crippen LogP contribution in [0.1, 0.15) is 5.56 Å². The van der Waals surface area contributed by atoms with Crippen molar-refractivity contribution in [2.45, 2.75) is 0 Å². The zero-order valence-corrected chi connectivity index (χ0v) is 14.3. The summed E-state index contributed by atoms with van der Waals surface area (Å²) in [7, 11) is 2.99. The molecule has 0 aliphatic carbocycles. The molecule has 0 aliphatic heterocycles. The van der Waals surface area contributed by atoms with Gasteiger partial charge >= 0.3 is 5.97 Å². The van der Waals surface area contributed by atoms with E-state index in [1.807, 2.05) is 0 Å². The number of carbonyl (C=O) groups excluding carboxylic acids is 2. The highest BCUT2D eigenvalue weighted by atomic mass is 19.1. The number of hydrogen-bond acceptors (Lipinski definition) is 5. The van der Waals surface area contributed by atoms with Crippen molar-refractivity contribution in [1.82, 2.24) is 0 Å². The average molecular weight is 359 g/mol. The molecule has 0 saturated heterocycles. The molecule has 2 aromatic rings. The predicted molar refractivity (Wildman–Crippen MR) is 94.6 cm³/mol. The van der Waals surface area contributed by atoms with Crippen molar-refractivity contribution in [3.8, 4) is 11.5 Å². The third-order valence-electron chi connectivity index (χ3n) is 3.29. The van der Waals surface area contributed by atoms with Crippen molar-refractivity contribution in [3.05, 3.63) is 59.9 Å². The Labute approximate surface area is 150 Å². The van der Waals surface area contributed by atoms with Crippen LogP contribution in [0.25, 0.3) is 6.08 Å². The first-order valence-electron chi connectivity index (χ1n) is 7.64. The summed E-state index contributed by atoms with van der Waals surface area (Å²) < 4.78 is 27.9. The van der Waals surface area contributed by atoms with E-state index in [4.69, 9.17) is 14.2 Å². The van der Waals surface area contributed by atoms with Crippen molar-refractivity contribution in [2.24, 2.45) is 0 Å². The van der Waals surface area contributed by atoms with Crippen molar-refractivity contribution >= 4 is 23.6 Å². The van der Waals surface area contributed by atoms with Crippen molar-refractivity contribution < 1.29 is 28.2 Å². The van der Waals surface area contributed by atoms with Gasteiger partial charge in [-0.05, 0) is 35.9 Å². The quantitative estimate of drug-likeness (QED) is 0.608. The van der Waals surface area contributed by atoms with Gasteiger partial charge in [-0.3, -0.25) is 4.79 Å². The summed E-state index contributed by atoms with van der Waals surface area (Å²) in [6, 6.07) is 10.5. The number of amides is 1. The molecule has 0 heterocycles. The summed E-state index contributed by atoms with van der Waals surface area (Å²) >= 11 is 0. The van der Waals surface area contributed by atoms with Gasteiger partial charge in [0.05, 0.1) is 14.2 Å². The lowest BCUT2D eigenvalue weighted by atomic mass is 10.2. The van der Waals surface area contributed by atoms with E-state index in [1.165, 1.54) is 44.6 Å². The van der Waals surface area contributed by atoms with Crippen molar-refractivity contribution in [3.63, 3.8) is 0 Å². The molecule has 0 radical (unpaired) electrons. The number of anilines is 1. The van der Waals surface area contributed by atoms with Crippen LogP contribution in [0.4, 0.5) is 10.1 Å². The van der Waals surface area contributed by atoms with E-state index >= 15 is 0 Å². The number of benzene rings is 2. The fraction of sp³-hybridized carbons (Fsp3) is 0.158. The maximum Gasteiger partial charge on any atom is 0.331 e. The third kappa shape index (κ3) is 5.62. The van der Waals surface area contributed by atoms with Crippen molar-refractivity contribution in [1.29, 1.82) is 0 Å². The number of hydrogen-bond donors (Lipinski definition) is 1. The van der Waals surface area contributed by atoms with Crippen LogP contribution in [-0.2, 0) is 14.3 Å². The molecule has 0 aromatic heterocycles. The fourth-order valence-electron chi connectivity index (χ4n) is 2.03. The van der Waals surface area contributed by atoms with Crippen LogP contribution >= 0.6 is 0 Å². The standard InChI is InChI=1S/C19H18FNO5/c1-24-16-9-8-15(11-17(16)25-2)21-18(22)12-26-19(23)10-5-13-3-6-14(20)7-4-13/h3-11H,12H2,1-2H3,(H,21,22)/b10-5+. The Morgan fingerprint density at radius 3 is 2.38 bits per heavy atom. The van der Waals surface area contributed by atoms with Crippen LogP contribution in [0, 0.1) is 5.82 Å². The summed E-state index contributed by atoms with van der Waals surface area (Å²) in [5.41, 5.74) is 1.11. The molecular weight excluding hydrogens is 341 g/mol. The van der Waals surface area contributed by atoms with E-state index in [2.05, 4.69) is 5.32 Å². The summed E-state index contributed by atoms with van der Waals surface area (Å²) in [4.78, 5) is 23.5. The SMILES string of the molecule is COc1ccc(NC(=O)COC(=O)/C=C/c2ccc(F)cc2)cc1OC. The van der Waals surface area contributed by atoms with Gasteiger partial charge in [0, 0.05) is 17.8 Å². The van der Waals surface area contributed by atoms with Gasteiger partial charge in [0.15, 0.2) is 18.1 Å². The Morgan fingerprint density at radius 2 is 1.73 bits per heavy atom. The number of methoxy groups -OCH3 is 2. The smallest absolute Gasteiger partial charge is 0.331 e. The molecule has 0 saturated carbocycles. The van der Waals surface area contributed by atoms with Gasteiger partial charge in [0.1, 0.15) is 5.82 Å². The molecular formula is C19H18FNO5. The van der Waals surface area contributed by atoms with Crippen LogP contribution in [0.5, 0.6) is 11.5 Å². The van der Waals surface area contributed by atoms with Crippen LogP contribution in [0.15, 0.2) is 48.5 Å². The summed E-state index contributed by atoms with van der Waals surface area (Å²) in [5.74, 6) is -0.554. The highest BCUT2D eigenvalue weighted by Gasteiger charge is 2.09. The minimum absolute atomic E-state index is 0.364. The lowest BCUT2D eigenvalue weighted by molar-refractivity contribution is -0.142. The summed E-state index contributed by atoms with van der Waals surface area (Å²) in [6.45, 7) is -0.444. The van der Waals surface area contributed by atoms with E-state index in [0.29, 0.717) is 22.7 Å². The highest BCUT2D eigenvalue weighted by molar-refractivity contribution is 5.94. The number of halogens is 1. The lowest BCUT2D eigenvalue weighted by Crippen LogP contribution is -2.20. The topological polar surface area (TPSA) is 73.9 Å². The molecule has 2 aromatic carbocycles. The number of nitrogens with one attached hydrogen (secondary N) is 1. The minimum Gasteiger partial charge on any atom is -0.493 e. The van der Waals surface area contributed by atoms with E-state index < -0.39 is 18.5 Å². The molecule has 26 heavy (non-hydrogen) atoms. The molecule has 6 nitrogen and oxygen atoms in total. The maximum atomic E-state index is 12.8. The van der Waals surface area contributed by atoms with Gasteiger partial charge in [0.2, 0.25) is 0 Å². The van der Waals surface area contributed by atoms with E-state index in [-0.39, 0.29) is 5.82 Å². The second-order valence-electron chi connectivity index (χ2n) is 5.11. The van der Waals surface area contributed by atoms with Crippen LogP contribution < -0.4 is 14.8 Å². The number of ether oxygens (including phenoxy) is 3. The second-order valence-corrected chi connectivity index (χ2v) is 5.11. The van der Waals surface area contributed by atoms with Gasteiger partial charge < -0.3 is 19.5 Å². The molecule has 2 rings (SSSR count). The fourth-order valence-corrected chi connectivity index (χ4v) is 2.03. The molecule has 1 N–H and O–H groups in total. The summed E-state index contributed by atoms with van der Waals surface area (Å²) in [6.07, 6.45) is 2.63. The molecule has 0 bridgehead atoms. The highest BCUT2D eigenvalue weighted by Crippen LogP contribution is 2.29. The second kappa shape index (κ2) is 9.22. The monoisotopic (exact) mass is 359 g/mol. The molecule has 7 heteroatoms. The van der Waals surface area contributed by atoms with E-state index in [0.717, 1.165) is 6.08 Å². The van der Waals surface area contributed by atoms with Gasteiger partial charge in [0.25, 0.3) is 5.91 Å². The molecule has 0 unspecified atom stereocenters. The molecule has 0 aliphatic rings. The van der Waals surface area contributed by atoms with Gasteiger partial charge in [-0.25, -0.2) is 9.18 Å². The molecule has 0 atom stereocenters. The van der Waals surface area contributed by atoms with Crippen LogP contribution in [-0.4, -0.2) is 32.7 Å². The van der Waals surface area contributed by atoms with Crippen molar-refractivity contribution in [2.75, 3.05) is 26.1 Å². The maximum absolute atomic E-state index is 12.8. The molecule has 136 valence electrons. The first-order valence-corrected chi connectivity index (χ1v) is 7.64. The largest absolute Gasteiger partial charge is 0.493 e. The predicted octanol–water partition coefficient (Wildman–Crippen LogP) is 3.04. The molecule has 1 amide bonds. The number of carbonyl (C=O) groups is 2. The average Bonchev–Trinajstić information content (AvgIpc) is 2.65. The molecule has 0 fully saturated rings. The van der Waals surface area contributed by atoms with Gasteiger partial charge in [-0.2, -0.15) is 0 Å². The first-order chi connectivity index (χ1) is 12.5. The van der Waals surface area contributed by atoms with E-state index in [1.54, 1.807) is 18.2 Å². The van der Waals surface area contributed by atoms with Crippen LogP contribution in [0.3, 0.4) is 0 Å². The lowest BCUT2D eigenvalue weighted by Gasteiger charge is -2.10. The number of esters is 1. The van der Waals surface area contributed by atoms with Gasteiger partial charge in [-0.1, -0.05) is 12.1 Å². The van der Waals surface area contributed by atoms with E-state index in [9.17, 15) is 14.0 Å². The normalized spacial score (nSPS) is 10.4. The molecule has 0 spiro atoms. The van der Waals surface area contributed by atoms with Gasteiger partial charge in [-0.15, -0.1) is 0 Å². The summed E-state index contributed by atoms with van der Waals surface area (Å²) in [5, 5.41) is 2.59. The zero-order chi connectivity index (χ0) is 18.9. The Kier molecular flexibility index (Phi) is 6.73. The first kappa shape index (κ1) is 19.0. The minimum atomic E-state index is -0.684. The Morgan fingerprint density at radius 1 is 1.04 bits per heavy atom. The number of rotatable bonds is 7. The Bertz CT molecular complexity index is 802.